The maximum atomic E-state index is 13.4. The first-order valence-corrected chi connectivity index (χ1v) is 11.4. The summed E-state index contributed by atoms with van der Waals surface area (Å²) in [7, 11) is 1.56. The molecule has 0 aliphatic rings. The van der Waals surface area contributed by atoms with Crippen molar-refractivity contribution in [3.05, 3.63) is 79.7 Å². The fraction of sp³-hybridized carbons (Fsp3) is 0.333. The second kappa shape index (κ2) is 9.82. The molecule has 0 amide bonds. The number of hydrogen-bond donors (Lipinski definition) is 1. The standard InChI is InChI=1S/C24H26ClN5O4/c1-15(2)16-6-4-7-19(12-16)34-23-27-21-20(30(23)14-18-9-8-17(25)13-26-18)22(32)29(10-5-11-31)24(33)28(21)3/h4,6-9,12-13,15,31H,5,10-11,14H2,1-3H3. The second-order valence-corrected chi connectivity index (χ2v) is 8.76. The number of nitrogens with zero attached hydrogens (tertiary/aromatic N) is 5. The van der Waals surface area contributed by atoms with Crippen LogP contribution in [0, 0.1) is 0 Å². The summed E-state index contributed by atoms with van der Waals surface area (Å²) >= 11 is 5.98. The molecule has 0 saturated heterocycles. The highest BCUT2D eigenvalue weighted by Crippen LogP contribution is 2.27. The number of benzene rings is 1. The van der Waals surface area contributed by atoms with Crippen molar-refractivity contribution >= 4 is 22.8 Å². The Hall–Kier alpha value is -3.43. The lowest BCUT2D eigenvalue weighted by Crippen LogP contribution is -2.39. The molecule has 0 unspecified atom stereocenters. The summed E-state index contributed by atoms with van der Waals surface area (Å²) in [6, 6.07) is 11.3. The van der Waals surface area contributed by atoms with Gasteiger partial charge in [0, 0.05) is 26.4 Å². The Morgan fingerprint density at radius 3 is 2.62 bits per heavy atom. The van der Waals surface area contributed by atoms with Crippen molar-refractivity contribution in [1.82, 2.24) is 23.7 Å². The van der Waals surface area contributed by atoms with Crippen LogP contribution in [-0.4, -0.2) is 35.4 Å². The molecular weight excluding hydrogens is 458 g/mol. The number of aromatic nitrogens is 5. The molecule has 3 aromatic heterocycles. The molecule has 4 rings (SSSR count). The Kier molecular flexibility index (Phi) is 6.85. The number of pyridine rings is 1. The minimum atomic E-state index is -0.506. The van der Waals surface area contributed by atoms with Gasteiger partial charge >= 0.3 is 11.7 Å². The second-order valence-electron chi connectivity index (χ2n) is 8.33. The van der Waals surface area contributed by atoms with Crippen LogP contribution in [0.25, 0.3) is 11.2 Å². The van der Waals surface area contributed by atoms with E-state index in [1.165, 1.54) is 10.8 Å². The molecule has 0 radical (unpaired) electrons. The van der Waals surface area contributed by atoms with E-state index in [9.17, 15) is 14.7 Å². The Balaban J connectivity index is 1.91. The zero-order valence-electron chi connectivity index (χ0n) is 19.2. The van der Waals surface area contributed by atoms with E-state index in [1.807, 2.05) is 24.3 Å². The fourth-order valence-electron chi connectivity index (χ4n) is 3.71. The van der Waals surface area contributed by atoms with Gasteiger partial charge in [-0.2, -0.15) is 4.98 Å². The monoisotopic (exact) mass is 483 g/mol. The molecule has 10 heteroatoms. The minimum absolute atomic E-state index is 0.0922. The van der Waals surface area contributed by atoms with Gasteiger partial charge in [0.1, 0.15) is 5.75 Å². The first kappa shape index (κ1) is 23.7. The number of rotatable bonds is 8. The molecule has 1 aromatic carbocycles. The van der Waals surface area contributed by atoms with Gasteiger partial charge in [0.05, 0.1) is 17.3 Å². The van der Waals surface area contributed by atoms with E-state index < -0.39 is 11.2 Å². The fourth-order valence-corrected chi connectivity index (χ4v) is 3.82. The smallest absolute Gasteiger partial charge is 0.332 e. The molecule has 0 fully saturated rings. The third kappa shape index (κ3) is 4.62. The van der Waals surface area contributed by atoms with Gasteiger partial charge in [-0.25, -0.2) is 4.79 Å². The summed E-state index contributed by atoms with van der Waals surface area (Å²) in [4.78, 5) is 35.1. The molecule has 0 aliphatic carbocycles. The van der Waals surface area contributed by atoms with Crippen LogP contribution in [0.5, 0.6) is 11.8 Å². The average Bonchev–Trinajstić information content (AvgIpc) is 3.17. The number of fused-ring (bicyclic) bond motifs is 1. The molecule has 178 valence electrons. The SMILES string of the molecule is CC(C)c1cccc(Oc2nc3c(c(=O)n(CCCO)c(=O)n3C)n2Cc2ccc(Cl)cn2)c1. The summed E-state index contributed by atoms with van der Waals surface area (Å²) < 4.78 is 10.2. The molecular formula is C24H26ClN5O4. The Morgan fingerprint density at radius 1 is 1.15 bits per heavy atom. The van der Waals surface area contributed by atoms with E-state index in [0.29, 0.717) is 22.4 Å². The lowest BCUT2D eigenvalue weighted by Gasteiger charge is -2.12. The van der Waals surface area contributed by atoms with Gasteiger partial charge in [-0.05, 0) is 42.2 Å². The van der Waals surface area contributed by atoms with Gasteiger partial charge in [-0.3, -0.25) is 23.5 Å². The predicted molar refractivity (Wildman–Crippen MR) is 130 cm³/mol. The van der Waals surface area contributed by atoms with Crippen molar-refractivity contribution in [1.29, 1.82) is 0 Å². The number of aryl methyl sites for hydroxylation is 1. The third-order valence-electron chi connectivity index (χ3n) is 5.58. The van der Waals surface area contributed by atoms with Crippen LogP contribution in [-0.2, 0) is 20.1 Å². The van der Waals surface area contributed by atoms with Crippen molar-refractivity contribution in [2.75, 3.05) is 6.61 Å². The van der Waals surface area contributed by atoms with Crippen molar-refractivity contribution < 1.29 is 9.84 Å². The highest BCUT2D eigenvalue weighted by Gasteiger charge is 2.22. The van der Waals surface area contributed by atoms with Crippen molar-refractivity contribution in [3.63, 3.8) is 0 Å². The number of halogens is 1. The van der Waals surface area contributed by atoms with Crippen LogP contribution in [0.4, 0.5) is 0 Å². The first-order valence-electron chi connectivity index (χ1n) is 11.0. The van der Waals surface area contributed by atoms with Gasteiger partial charge in [-0.15, -0.1) is 0 Å². The molecule has 0 atom stereocenters. The number of hydrogen-bond acceptors (Lipinski definition) is 6. The zero-order valence-corrected chi connectivity index (χ0v) is 20.0. The van der Waals surface area contributed by atoms with E-state index in [0.717, 1.165) is 10.1 Å². The quantitative estimate of drug-likeness (QED) is 0.412. The van der Waals surface area contributed by atoms with E-state index in [2.05, 4.69) is 23.8 Å². The van der Waals surface area contributed by atoms with Crippen LogP contribution < -0.4 is 16.0 Å². The van der Waals surface area contributed by atoms with Crippen LogP contribution in [0.15, 0.2) is 52.2 Å². The topological polar surface area (TPSA) is 104 Å². The van der Waals surface area contributed by atoms with Crippen LogP contribution in [0.1, 0.15) is 37.4 Å². The molecule has 9 nitrogen and oxygen atoms in total. The van der Waals surface area contributed by atoms with Gasteiger partial charge in [0.25, 0.3) is 5.56 Å². The van der Waals surface area contributed by atoms with E-state index in [4.69, 9.17) is 16.3 Å². The maximum absolute atomic E-state index is 13.4. The summed E-state index contributed by atoms with van der Waals surface area (Å²) in [6.45, 7) is 4.31. The van der Waals surface area contributed by atoms with E-state index >= 15 is 0 Å². The summed E-state index contributed by atoms with van der Waals surface area (Å²) in [5, 5.41) is 9.71. The Morgan fingerprint density at radius 2 is 1.94 bits per heavy atom. The average molecular weight is 484 g/mol. The van der Waals surface area contributed by atoms with Crippen molar-refractivity contribution in [2.45, 2.75) is 39.3 Å². The largest absolute Gasteiger partial charge is 0.425 e. The van der Waals surface area contributed by atoms with Crippen molar-refractivity contribution in [3.8, 4) is 11.8 Å². The van der Waals surface area contributed by atoms with Gasteiger partial charge in [0.15, 0.2) is 11.2 Å². The van der Waals surface area contributed by atoms with Gasteiger partial charge in [0.2, 0.25) is 0 Å². The number of imidazole rings is 1. The molecule has 4 aromatic rings. The number of ether oxygens (including phenoxy) is 1. The number of aliphatic hydroxyl groups is 1. The summed E-state index contributed by atoms with van der Waals surface area (Å²) in [5.41, 5.74) is 1.15. The Bertz CT molecular complexity index is 1440. The Labute approximate surface area is 200 Å². The van der Waals surface area contributed by atoms with Gasteiger partial charge in [-0.1, -0.05) is 37.6 Å². The molecule has 34 heavy (non-hydrogen) atoms. The predicted octanol–water partition coefficient (Wildman–Crippen LogP) is 3.29. The molecule has 3 heterocycles. The van der Waals surface area contributed by atoms with Crippen LogP contribution in [0.2, 0.25) is 5.02 Å². The maximum Gasteiger partial charge on any atom is 0.332 e. The van der Waals surface area contributed by atoms with E-state index in [1.54, 1.807) is 23.7 Å². The van der Waals surface area contributed by atoms with Crippen molar-refractivity contribution in [2.24, 2.45) is 7.05 Å². The molecule has 0 aliphatic heterocycles. The number of aliphatic hydroxyl groups excluding tert-OH is 1. The highest BCUT2D eigenvalue weighted by atomic mass is 35.5. The molecule has 1 N–H and O–H groups in total. The van der Waals surface area contributed by atoms with Gasteiger partial charge < -0.3 is 9.84 Å². The minimum Gasteiger partial charge on any atom is -0.425 e. The molecule has 0 bridgehead atoms. The normalized spacial score (nSPS) is 11.5. The highest BCUT2D eigenvalue weighted by molar-refractivity contribution is 6.30. The summed E-state index contributed by atoms with van der Waals surface area (Å²) in [6.07, 6.45) is 1.80. The lowest BCUT2D eigenvalue weighted by molar-refractivity contribution is 0.277. The lowest BCUT2D eigenvalue weighted by atomic mass is 10.0. The molecule has 0 saturated carbocycles. The first-order chi connectivity index (χ1) is 16.3. The zero-order chi connectivity index (χ0) is 24.4. The third-order valence-corrected chi connectivity index (χ3v) is 5.80. The van der Waals surface area contributed by atoms with Crippen LogP contribution in [0.3, 0.4) is 0 Å². The van der Waals surface area contributed by atoms with Crippen LogP contribution >= 0.6 is 11.6 Å². The summed E-state index contributed by atoms with van der Waals surface area (Å²) in [5.74, 6) is 0.873. The van der Waals surface area contributed by atoms with E-state index in [-0.39, 0.29) is 43.3 Å². The molecule has 0 spiro atoms.